The lowest BCUT2D eigenvalue weighted by Crippen LogP contribution is -2.35. The molecule has 0 spiro atoms. The lowest BCUT2D eigenvalue weighted by Gasteiger charge is -2.25. The van der Waals surface area contributed by atoms with Gasteiger partial charge in [0.1, 0.15) is 6.54 Å². The molecule has 1 heterocycles. The first-order valence-electron chi connectivity index (χ1n) is 10.6. The van der Waals surface area contributed by atoms with Gasteiger partial charge >= 0.3 is 6.18 Å². The van der Waals surface area contributed by atoms with Crippen LogP contribution in [0.2, 0.25) is 0 Å². The van der Waals surface area contributed by atoms with Crippen molar-refractivity contribution in [1.29, 1.82) is 0 Å². The van der Waals surface area contributed by atoms with Crippen molar-refractivity contribution in [3.8, 4) is 0 Å². The Morgan fingerprint density at radius 3 is 2.24 bits per heavy atom. The molecule has 1 aliphatic rings. The molecule has 3 rings (SSSR count). The number of alkyl halides is 3. The molecule has 184 valence electrons. The highest BCUT2D eigenvalue weighted by atomic mass is 32.2. The van der Waals surface area contributed by atoms with Crippen molar-refractivity contribution in [1.82, 2.24) is 9.62 Å². The summed E-state index contributed by atoms with van der Waals surface area (Å²) in [7, 11) is -3.58. The Morgan fingerprint density at radius 1 is 0.941 bits per heavy atom. The predicted molar refractivity (Wildman–Crippen MR) is 121 cm³/mol. The van der Waals surface area contributed by atoms with E-state index in [4.69, 9.17) is 0 Å². The van der Waals surface area contributed by atoms with Gasteiger partial charge in [-0.15, -0.1) is 0 Å². The molecule has 0 unspecified atom stereocenters. The molecule has 0 bridgehead atoms. The lowest BCUT2D eigenvalue weighted by atomic mass is 10.1. The van der Waals surface area contributed by atoms with Crippen LogP contribution in [-0.4, -0.2) is 56.9 Å². The molecule has 1 saturated heterocycles. The third-order valence-electron chi connectivity index (χ3n) is 5.15. The van der Waals surface area contributed by atoms with Gasteiger partial charge < -0.3 is 16.0 Å². The summed E-state index contributed by atoms with van der Waals surface area (Å²) in [5.74, 6) is -1.41. The Balaban J connectivity index is 1.57. The van der Waals surface area contributed by atoms with Gasteiger partial charge in [0.05, 0.1) is 17.0 Å². The van der Waals surface area contributed by atoms with Gasteiger partial charge in [0.25, 0.3) is 5.91 Å². The molecule has 1 fully saturated rings. The molecule has 34 heavy (non-hydrogen) atoms. The fourth-order valence-electron chi connectivity index (χ4n) is 3.46. The Kier molecular flexibility index (Phi) is 8.15. The van der Waals surface area contributed by atoms with Crippen LogP contribution >= 0.6 is 0 Å². The van der Waals surface area contributed by atoms with Gasteiger partial charge in [0.2, 0.25) is 15.9 Å². The fraction of sp³-hybridized carbons (Fsp3) is 0.364. The van der Waals surface area contributed by atoms with Crippen LogP contribution in [0.1, 0.15) is 29.6 Å². The number of rotatable bonds is 8. The van der Waals surface area contributed by atoms with E-state index in [1.807, 2.05) is 0 Å². The van der Waals surface area contributed by atoms with Crippen LogP contribution in [0.4, 0.5) is 24.5 Å². The molecule has 0 aromatic heterocycles. The van der Waals surface area contributed by atoms with Crippen molar-refractivity contribution in [3.05, 3.63) is 54.1 Å². The molecular formula is C22H25F3N4O4S. The molecule has 0 atom stereocenters. The molecular weight excluding hydrogens is 473 g/mol. The number of benzene rings is 2. The van der Waals surface area contributed by atoms with Crippen LogP contribution in [0, 0.1) is 0 Å². The van der Waals surface area contributed by atoms with E-state index in [-0.39, 0.29) is 22.7 Å². The number of sulfonamides is 1. The van der Waals surface area contributed by atoms with E-state index in [0.29, 0.717) is 18.8 Å². The van der Waals surface area contributed by atoms with E-state index in [0.717, 1.165) is 19.3 Å². The Labute approximate surface area is 195 Å². The minimum absolute atomic E-state index is 0.0353. The first kappa shape index (κ1) is 25.5. The van der Waals surface area contributed by atoms with Crippen molar-refractivity contribution in [2.24, 2.45) is 0 Å². The second kappa shape index (κ2) is 10.9. The molecule has 1 aliphatic heterocycles. The lowest BCUT2D eigenvalue weighted by molar-refractivity contribution is -0.123. The summed E-state index contributed by atoms with van der Waals surface area (Å²) in [4.78, 5) is 24.5. The summed E-state index contributed by atoms with van der Waals surface area (Å²) in [6, 6.07) is 11.7. The summed E-state index contributed by atoms with van der Waals surface area (Å²) in [6.07, 6.45) is -1.88. The standard InChI is InChI=1S/C22H25F3N4O4S/c23-22(24,25)15-27-21(31)18-6-2-3-7-19(18)26-14-20(30)28-16-8-10-17(11-9-16)34(32,33)29-12-4-1-5-13-29/h2-3,6-11,26H,1,4-5,12-15H2,(H,27,31)(H,28,30). The average Bonchev–Trinajstić information content (AvgIpc) is 2.82. The van der Waals surface area contributed by atoms with E-state index in [2.05, 4.69) is 10.6 Å². The third kappa shape index (κ3) is 6.94. The second-order valence-corrected chi connectivity index (χ2v) is 9.67. The largest absolute Gasteiger partial charge is 0.405 e. The number of hydrogen-bond acceptors (Lipinski definition) is 5. The number of hydrogen-bond donors (Lipinski definition) is 3. The highest BCUT2D eigenvalue weighted by Gasteiger charge is 2.28. The van der Waals surface area contributed by atoms with Crippen LogP contribution in [0.5, 0.6) is 0 Å². The molecule has 3 N–H and O–H groups in total. The third-order valence-corrected chi connectivity index (χ3v) is 7.06. The molecule has 8 nitrogen and oxygen atoms in total. The molecule has 2 amide bonds. The van der Waals surface area contributed by atoms with E-state index in [1.54, 1.807) is 11.4 Å². The number of piperidine rings is 1. The Hall–Kier alpha value is -3.12. The molecule has 0 saturated carbocycles. The van der Waals surface area contributed by atoms with Gasteiger partial charge in [-0.1, -0.05) is 18.6 Å². The van der Waals surface area contributed by atoms with E-state index < -0.39 is 34.6 Å². The van der Waals surface area contributed by atoms with E-state index in [1.165, 1.54) is 46.8 Å². The average molecular weight is 499 g/mol. The number of carbonyl (C=O) groups is 2. The first-order chi connectivity index (χ1) is 16.1. The van der Waals surface area contributed by atoms with Gasteiger partial charge in [-0.05, 0) is 49.2 Å². The number of carbonyl (C=O) groups excluding carboxylic acids is 2. The maximum Gasteiger partial charge on any atom is 0.405 e. The summed E-state index contributed by atoms with van der Waals surface area (Å²) >= 11 is 0. The van der Waals surface area contributed by atoms with E-state index >= 15 is 0 Å². The van der Waals surface area contributed by atoms with Crippen LogP contribution in [0.15, 0.2) is 53.4 Å². The molecule has 2 aromatic carbocycles. The predicted octanol–water partition coefficient (Wildman–Crippen LogP) is 3.20. The highest BCUT2D eigenvalue weighted by Crippen LogP contribution is 2.22. The number of anilines is 2. The zero-order valence-corrected chi connectivity index (χ0v) is 19.0. The normalized spacial score (nSPS) is 14.9. The van der Waals surface area contributed by atoms with Gasteiger partial charge in [0, 0.05) is 24.5 Å². The fourth-order valence-corrected chi connectivity index (χ4v) is 4.97. The molecule has 12 heteroatoms. The molecule has 0 aliphatic carbocycles. The maximum absolute atomic E-state index is 12.7. The van der Waals surface area contributed by atoms with Gasteiger partial charge in [-0.3, -0.25) is 9.59 Å². The van der Waals surface area contributed by atoms with Gasteiger partial charge in [-0.2, -0.15) is 17.5 Å². The van der Waals surface area contributed by atoms with E-state index in [9.17, 15) is 31.2 Å². The van der Waals surface area contributed by atoms with Crippen LogP contribution in [-0.2, 0) is 14.8 Å². The van der Waals surface area contributed by atoms with Gasteiger partial charge in [-0.25, -0.2) is 8.42 Å². The topological polar surface area (TPSA) is 108 Å². The second-order valence-electron chi connectivity index (χ2n) is 7.73. The first-order valence-corrected chi connectivity index (χ1v) is 12.1. The SMILES string of the molecule is O=C(CNc1ccccc1C(=O)NCC(F)(F)F)Nc1ccc(S(=O)(=O)N2CCCCC2)cc1. The van der Waals surface area contributed by atoms with Crippen LogP contribution in [0.25, 0.3) is 0 Å². The van der Waals surface area contributed by atoms with Crippen molar-refractivity contribution >= 4 is 33.2 Å². The smallest absolute Gasteiger partial charge is 0.376 e. The summed E-state index contributed by atoms with van der Waals surface area (Å²) in [5, 5.41) is 7.13. The molecule has 2 aromatic rings. The monoisotopic (exact) mass is 498 g/mol. The van der Waals surface area contributed by atoms with Gasteiger partial charge in [0.15, 0.2) is 0 Å². The number of nitrogens with zero attached hydrogens (tertiary/aromatic N) is 1. The highest BCUT2D eigenvalue weighted by molar-refractivity contribution is 7.89. The quantitative estimate of drug-likeness (QED) is 0.518. The zero-order valence-electron chi connectivity index (χ0n) is 18.2. The van der Waals surface area contributed by atoms with Crippen molar-refractivity contribution in [3.63, 3.8) is 0 Å². The minimum Gasteiger partial charge on any atom is -0.376 e. The Bertz CT molecular complexity index is 1120. The number of halogens is 3. The Morgan fingerprint density at radius 2 is 1.59 bits per heavy atom. The number of nitrogens with one attached hydrogen (secondary N) is 3. The van der Waals surface area contributed by atoms with Crippen molar-refractivity contribution in [2.45, 2.75) is 30.3 Å². The summed E-state index contributed by atoms with van der Waals surface area (Å²) in [5.41, 5.74) is 0.535. The van der Waals surface area contributed by atoms with Crippen LogP contribution in [0.3, 0.4) is 0 Å². The zero-order chi connectivity index (χ0) is 24.8. The number of para-hydroxylation sites is 1. The summed E-state index contributed by atoms with van der Waals surface area (Å²) in [6.45, 7) is -0.758. The number of amides is 2. The maximum atomic E-state index is 12.7. The van der Waals surface area contributed by atoms with Crippen molar-refractivity contribution in [2.75, 3.05) is 36.8 Å². The molecule has 0 radical (unpaired) electrons. The minimum atomic E-state index is -4.54. The van der Waals surface area contributed by atoms with Crippen LogP contribution < -0.4 is 16.0 Å². The summed E-state index contributed by atoms with van der Waals surface area (Å²) < 4.78 is 63.9. The van der Waals surface area contributed by atoms with Crippen molar-refractivity contribution < 1.29 is 31.2 Å².